The molecule has 0 aromatic heterocycles. The van der Waals surface area contributed by atoms with Gasteiger partial charge in [0, 0.05) is 13.0 Å². The summed E-state index contributed by atoms with van der Waals surface area (Å²) >= 11 is 0. The van der Waals surface area contributed by atoms with Crippen LogP contribution in [-0.2, 0) is 14.3 Å². The Balaban J connectivity index is 2.01. The highest BCUT2D eigenvalue weighted by atomic mass is 16.5. The van der Waals surface area contributed by atoms with Crippen LogP contribution in [0.15, 0.2) is 42.5 Å². The van der Waals surface area contributed by atoms with Gasteiger partial charge in [-0.15, -0.1) is 0 Å². The monoisotopic (exact) mass is 299 g/mol. The van der Waals surface area contributed by atoms with E-state index in [-0.39, 0.29) is 41.6 Å². The molecule has 0 bridgehead atoms. The zero-order chi connectivity index (χ0) is 15.9. The average molecular weight is 299 g/mol. The maximum atomic E-state index is 12.9. The van der Waals surface area contributed by atoms with Crippen molar-refractivity contribution in [3.63, 3.8) is 0 Å². The van der Waals surface area contributed by atoms with Crippen LogP contribution in [0.4, 0.5) is 5.69 Å². The zero-order valence-electron chi connectivity index (χ0n) is 13.1. The number of amides is 2. The number of imide groups is 1. The van der Waals surface area contributed by atoms with Crippen molar-refractivity contribution < 1.29 is 14.3 Å². The van der Waals surface area contributed by atoms with Gasteiger partial charge in [0.2, 0.25) is 11.8 Å². The fraction of sp³-hybridized carbons (Fsp3) is 0.444. The summed E-state index contributed by atoms with van der Waals surface area (Å²) in [6, 6.07) is 9.17. The van der Waals surface area contributed by atoms with E-state index in [0.29, 0.717) is 5.69 Å². The number of fused-ring (bicyclic) bond motifs is 1. The molecule has 0 radical (unpaired) electrons. The molecule has 3 rings (SSSR count). The van der Waals surface area contributed by atoms with Crippen LogP contribution in [0.2, 0.25) is 0 Å². The number of ether oxygens (including phenoxy) is 1. The number of carbonyl (C=O) groups excluding carboxylic acids is 2. The molecule has 116 valence electrons. The van der Waals surface area contributed by atoms with Crippen LogP contribution in [-0.4, -0.2) is 25.0 Å². The average Bonchev–Trinajstić information content (AvgIpc) is 2.80. The minimum Gasteiger partial charge on any atom is -0.381 e. The molecule has 1 heterocycles. The number of allylic oxidation sites excluding steroid dienone is 1. The predicted octanol–water partition coefficient (Wildman–Crippen LogP) is 2.65. The topological polar surface area (TPSA) is 46.6 Å². The van der Waals surface area contributed by atoms with E-state index in [1.165, 1.54) is 4.90 Å². The van der Waals surface area contributed by atoms with Crippen molar-refractivity contribution in [1.82, 2.24) is 0 Å². The molecule has 1 aliphatic heterocycles. The fourth-order valence-corrected chi connectivity index (χ4v) is 3.65. The van der Waals surface area contributed by atoms with Gasteiger partial charge in [0.1, 0.15) is 0 Å². The Kier molecular flexibility index (Phi) is 3.87. The van der Waals surface area contributed by atoms with Crippen molar-refractivity contribution in [3.8, 4) is 0 Å². The lowest BCUT2D eigenvalue weighted by atomic mass is 9.71. The van der Waals surface area contributed by atoms with Crippen LogP contribution in [0.3, 0.4) is 0 Å². The Morgan fingerprint density at radius 1 is 1.05 bits per heavy atom. The second kappa shape index (κ2) is 5.69. The third-order valence-corrected chi connectivity index (χ3v) is 4.94. The van der Waals surface area contributed by atoms with Gasteiger partial charge < -0.3 is 4.74 Å². The molecule has 2 aliphatic rings. The number of methoxy groups -OCH3 is 1. The molecule has 1 aliphatic carbocycles. The highest BCUT2D eigenvalue weighted by Crippen LogP contribution is 2.44. The van der Waals surface area contributed by atoms with Gasteiger partial charge in [0.15, 0.2) is 0 Å². The molecule has 4 nitrogen and oxygen atoms in total. The molecule has 1 aromatic rings. The fourth-order valence-electron chi connectivity index (χ4n) is 3.65. The van der Waals surface area contributed by atoms with Crippen molar-refractivity contribution in [2.24, 2.45) is 23.7 Å². The normalized spacial score (nSPS) is 32.2. The summed E-state index contributed by atoms with van der Waals surface area (Å²) in [6.45, 7) is 3.95. The summed E-state index contributed by atoms with van der Waals surface area (Å²) in [5, 5.41) is 0. The Bertz CT molecular complexity index is 610. The lowest BCUT2D eigenvalue weighted by Gasteiger charge is -2.33. The predicted molar refractivity (Wildman–Crippen MR) is 84.2 cm³/mol. The number of carbonyl (C=O) groups is 2. The molecule has 1 unspecified atom stereocenters. The number of para-hydroxylation sites is 1. The van der Waals surface area contributed by atoms with Gasteiger partial charge >= 0.3 is 0 Å². The van der Waals surface area contributed by atoms with Crippen LogP contribution in [0.5, 0.6) is 0 Å². The summed E-state index contributed by atoms with van der Waals surface area (Å²) in [7, 11) is 1.64. The second-order valence-electron chi connectivity index (χ2n) is 6.16. The molecule has 1 fully saturated rings. The van der Waals surface area contributed by atoms with Crippen molar-refractivity contribution in [2.75, 3.05) is 12.0 Å². The number of hydrogen-bond acceptors (Lipinski definition) is 3. The Morgan fingerprint density at radius 2 is 1.68 bits per heavy atom. The number of benzene rings is 1. The molecular formula is C18H21NO3. The Labute approximate surface area is 130 Å². The molecular weight excluding hydrogens is 278 g/mol. The smallest absolute Gasteiger partial charge is 0.238 e. The molecule has 0 spiro atoms. The molecule has 0 N–H and O–H groups in total. The highest BCUT2D eigenvalue weighted by molar-refractivity contribution is 6.22. The van der Waals surface area contributed by atoms with E-state index in [9.17, 15) is 9.59 Å². The van der Waals surface area contributed by atoms with E-state index in [1.54, 1.807) is 19.2 Å². The summed E-state index contributed by atoms with van der Waals surface area (Å²) in [4.78, 5) is 27.1. The van der Waals surface area contributed by atoms with Crippen LogP contribution in [0.1, 0.15) is 13.8 Å². The van der Waals surface area contributed by atoms with Crippen molar-refractivity contribution in [2.45, 2.75) is 20.0 Å². The van der Waals surface area contributed by atoms with Gasteiger partial charge in [-0.05, 0) is 25.0 Å². The largest absolute Gasteiger partial charge is 0.381 e. The first-order valence-corrected chi connectivity index (χ1v) is 7.70. The molecule has 1 aromatic carbocycles. The third kappa shape index (κ3) is 2.18. The number of nitrogens with zero attached hydrogens (tertiary/aromatic N) is 1. The minimum atomic E-state index is -0.331. The lowest BCUT2D eigenvalue weighted by molar-refractivity contribution is -0.124. The maximum absolute atomic E-state index is 12.9. The summed E-state index contributed by atoms with van der Waals surface area (Å²) in [6.07, 6.45) is 3.99. The standard InChI is InChI=1S/C18H21NO3/c1-11-9-10-14(12(2)22-3)16-15(11)17(20)19(18(16)21)13-7-5-4-6-8-13/h4-12,14-16H,1-3H3/t11?,12-,14-,15-,16+/m1/s1. The maximum Gasteiger partial charge on any atom is 0.238 e. The number of hydrogen-bond donors (Lipinski definition) is 0. The van der Waals surface area contributed by atoms with Crippen molar-refractivity contribution in [3.05, 3.63) is 42.5 Å². The SMILES string of the molecule is CO[C@H](C)[C@H]1C=CC(C)[C@H]2C(=O)N(c3ccccc3)C(=O)[C@@H]12. The highest BCUT2D eigenvalue weighted by Gasteiger charge is 2.54. The van der Waals surface area contributed by atoms with Gasteiger partial charge in [0.25, 0.3) is 0 Å². The summed E-state index contributed by atoms with van der Waals surface area (Å²) in [5.41, 5.74) is 0.655. The molecule has 22 heavy (non-hydrogen) atoms. The molecule has 4 heteroatoms. The second-order valence-corrected chi connectivity index (χ2v) is 6.16. The van der Waals surface area contributed by atoms with E-state index in [4.69, 9.17) is 4.74 Å². The Hall–Kier alpha value is -1.94. The number of rotatable bonds is 3. The van der Waals surface area contributed by atoms with Crippen LogP contribution in [0.25, 0.3) is 0 Å². The number of anilines is 1. The summed E-state index contributed by atoms with van der Waals surface area (Å²) in [5.74, 6) is -0.813. The van der Waals surface area contributed by atoms with Crippen LogP contribution in [0, 0.1) is 23.7 Å². The third-order valence-electron chi connectivity index (χ3n) is 4.94. The van der Waals surface area contributed by atoms with E-state index >= 15 is 0 Å². The van der Waals surface area contributed by atoms with E-state index in [0.717, 1.165) is 0 Å². The van der Waals surface area contributed by atoms with E-state index < -0.39 is 0 Å². The minimum absolute atomic E-state index is 0.0589. The molecule has 1 saturated heterocycles. The molecule has 5 atom stereocenters. The lowest BCUT2D eigenvalue weighted by Crippen LogP contribution is -2.38. The van der Waals surface area contributed by atoms with Crippen LogP contribution >= 0.6 is 0 Å². The summed E-state index contributed by atoms with van der Waals surface area (Å²) < 4.78 is 5.42. The van der Waals surface area contributed by atoms with Gasteiger partial charge in [0.05, 0.1) is 23.6 Å². The van der Waals surface area contributed by atoms with Crippen LogP contribution < -0.4 is 4.90 Å². The first kappa shape index (κ1) is 15.0. The van der Waals surface area contributed by atoms with Gasteiger partial charge in [-0.2, -0.15) is 0 Å². The first-order chi connectivity index (χ1) is 10.6. The van der Waals surface area contributed by atoms with Gasteiger partial charge in [-0.25, -0.2) is 0 Å². The van der Waals surface area contributed by atoms with Crippen molar-refractivity contribution in [1.29, 1.82) is 0 Å². The van der Waals surface area contributed by atoms with Crippen molar-refractivity contribution >= 4 is 17.5 Å². The van der Waals surface area contributed by atoms with Gasteiger partial charge in [-0.3, -0.25) is 14.5 Å². The molecule has 2 amide bonds. The zero-order valence-corrected chi connectivity index (χ0v) is 13.1. The Morgan fingerprint density at radius 3 is 2.32 bits per heavy atom. The molecule has 0 saturated carbocycles. The quantitative estimate of drug-likeness (QED) is 0.637. The van der Waals surface area contributed by atoms with Gasteiger partial charge in [-0.1, -0.05) is 37.3 Å². The first-order valence-electron chi connectivity index (χ1n) is 7.70. The van der Waals surface area contributed by atoms with E-state index in [2.05, 4.69) is 0 Å². The van der Waals surface area contributed by atoms with E-state index in [1.807, 2.05) is 44.2 Å².